The van der Waals surface area contributed by atoms with E-state index in [1.54, 1.807) is 48.5 Å². The van der Waals surface area contributed by atoms with E-state index in [2.05, 4.69) is 5.32 Å². The number of amides is 2. The minimum absolute atomic E-state index is 0.0107. The Hall–Kier alpha value is -4.37. The number of rotatable bonds is 7. The van der Waals surface area contributed by atoms with Gasteiger partial charge in [-0.05, 0) is 54.0 Å². The number of benzene rings is 3. The molecule has 2 amide bonds. The van der Waals surface area contributed by atoms with Gasteiger partial charge in [-0.3, -0.25) is 29.9 Å². The second-order valence-corrected chi connectivity index (χ2v) is 8.12. The van der Waals surface area contributed by atoms with Crippen molar-refractivity contribution in [2.24, 2.45) is 0 Å². The van der Waals surface area contributed by atoms with Crippen LogP contribution in [0.4, 0.5) is 11.4 Å². The Kier molecular flexibility index (Phi) is 6.98. The van der Waals surface area contributed by atoms with E-state index in [9.17, 15) is 19.7 Å². The number of nitrogens with one attached hydrogen (secondary N) is 1. The molecule has 0 unspecified atom stereocenters. The first-order valence-corrected chi connectivity index (χ1v) is 11.2. The molecule has 3 aromatic rings. The van der Waals surface area contributed by atoms with E-state index >= 15 is 0 Å². The van der Waals surface area contributed by atoms with E-state index < -0.39 is 16.7 Å². The van der Waals surface area contributed by atoms with Gasteiger partial charge in [0, 0.05) is 17.7 Å². The molecule has 0 aromatic heterocycles. The van der Waals surface area contributed by atoms with Crippen molar-refractivity contribution in [1.29, 1.82) is 0 Å². The molecule has 0 aliphatic carbocycles. The van der Waals surface area contributed by atoms with Gasteiger partial charge in [0.05, 0.1) is 10.6 Å². The molecule has 1 fully saturated rings. The summed E-state index contributed by atoms with van der Waals surface area (Å²) >= 11 is 5.27. The Morgan fingerprint density at radius 3 is 2.49 bits per heavy atom. The van der Waals surface area contributed by atoms with Crippen LogP contribution < -0.4 is 15.0 Å². The Balaban J connectivity index is 1.61. The van der Waals surface area contributed by atoms with Gasteiger partial charge < -0.3 is 4.74 Å². The molecule has 0 atom stereocenters. The average Bonchev–Trinajstić information content (AvgIpc) is 2.86. The summed E-state index contributed by atoms with van der Waals surface area (Å²) in [4.78, 5) is 37.8. The number of nitro benzene ring substituents is 1. The highest BCUT2D eigenvalue weighted by molar-refractivity contribution is 7.80. The van der Waals surface area contributed by atoms with E-state index in [4.69, 9.17) is 17.0 Å². The minimum atomic E-state index is -0.602. The van der Waals surface area contributed by atoms with Gasteiger partial charge >= 0.3 is 0 Å². The lowest BCUT2D eigenvalue weighted by atomic mass is 10.1. The Morgan fingerprint density at radius 2 is 1.77 bits per heavy atom. The maximum atomic E-state index is 13.3. The van der Waals surface area contributed by atoms with Crippen LogP contribution in [0.15, 0.2) is 78.4 Å². The number of aryl methyl sites for hydroxylation is 1. The van der Waals surface area contributed by atoms with Crippen LogP contribution >= 0.6 is 12.2 Å². The van der Waals surface area contributed by atoms with Gasteiger partial charge in [0.2, 0.25) is 0 Å². The SMILES string of the molecule is CCc1ccc(N2C(=O)/C(=C/c3ccccc3OCc3cccc([N+](=O)[O-])c3)C(=O)NC2=S)cc1. The molecule has 9 heteroatoms. The quantitative estimate of drug-likeness (QED) is 0.172. The molecule has 1 N–H and O–H groups in total. The lowest BCUT2D eigenvalue weighted by molar-refractivity contribution is -0.384. The number of carbonyl (C=O) groups is 2. The van der Waals surface area contributed by atoms with Gasteiger partial charge in [-0.1, -0.05) is 49.4 Å². The van der Waals surface area contributed by atoms with Crippen molar-refractivity contribution in [2.45, 2.75) is 20.0 Å². The van der Waals surface area contributed by atoms with Crippen molar-refractivity contribution in [3.8, 4) is 5.75 Å². The summed E-state index contributed by atoms with van der Waals surface area (Å²) in [6.07, 6.45) is 2.31. The highest BCUT2D eigenvalue weighted by Crippen LogP contribution is 2.27. The van der Waals surface area contributed by atoms with Crippen LogP contribution in [-0.2, 0) is 22.6 Å². The molecule has 3 aromatic carbocycles. The maximum absolute atomic E-state index is 13.3. The van der Waals surface area contributed by atoms with Gasteiger partial charge in [0.25, 0.3) is 17.5 Å². The van der Waals surface area contributed by atoms with E-state index in [1.807, 2.05) is 19.1 Å². The molecule has 0 bridgehead atoms. The smallest absolute Gasteiger partial charge is 0.270 e. The Morgan fingerprint density at radius 1 is 1.03 bits per heavy atom. The zero-order valence-corrected chi connectivity index (χ0v) is 19.6. The number of nitrogens with zero attached hydrogens (tertiary/aromatic N) is 2. The number of ether oxygens (including phenoxy) is 1. The fraction of sp³-hybridized carbons (Fsp3) is 0.115. The first-order valence-electron chi connectivity index (χ1n) is 10.8. The van der Waals surface area contributed by atoms with Crippen LogP contribution in [0.1, 0.15) is 23.6 Å². The Labute approximate surface area is 207 Å². The van der Waals surface area contributed by atoms with Crippen LogP contribution in [0.5, 0.6) is 5.75 Å². The van der Waals surface area contributed by atoms with Crippen LogP contribution in [0, 0.1) is 10.1 Å². The van der Waals surface area contributed by atoms with Crippen molar-refractivity contribution in [1.82, 2.24) is 5.32 Å². The van der Waals surface area contributed by atoms with Crippen LogP contribution in [-0.4, -0.2) is 21.9 Å². The third-order valence-corrected chi connectivity index (χ3v) is 5.72. The van der Waals surface area contributed by atoms with E-state index in [0.717, 1.165) is 12.0 Å². The van der Waals surface area contributed by atoms with Crippen molar-refractivity contribution in [2.75, 3.05) is 4.90 Å². The van der Waals surface area contributed by atoms with Crippen molar-refractivity contribution < 1.29 is 19.2 Å². The molecule has 1 saturated heterocycles. The van der Waals surface area contributed by atoms with E-state index in [-0.39, 0.29) is 23.0 Å². The molecule has 0 radical (unpaired) electrons. The summed E-state index contributed by atoms with van der Waals surface area (Å²) in [6, 6.07) is 20.4. The number of hydrogen-bond acceptors (Lipinski definition) is 6. The maximum Gasteiger partial charge on any atom is 0.270 e. The fourth-order valence-electron chi connectivity index (χ4n) is 3.58. The fourth-order valence-corrected chi connectivity index (χ4v) is 3.86. The highest BCUT2D eigenvalue weighted by atomic mass is 32.1. The number of nitro groups is 1. The van der Waals surface area contributed by atoms with Gasteiger partial charge in [-0.2, -0.15) is 0 Å². The van der Waals surface area contributed by atoms with Gasteiger partial charge in [-0.15, -0.1) is 0 Å². The molecule has 1 aliphatic rings. The molecular weight excluding hydrogens is 466 g/mol. The summed E-state index contributed by atoms with van der Waals surface area (Å²) < 4.78 is 5.88. The summed E-state index contributed by atoms with van der Waals surface area (Å²) in [7, 11) is 0. The number of hydrogen-bond donors (Lipinski definition) is 1. The highest BCUT2D eigenvalue weighted by Gasteiger charge is 2.34. The van der Waals surface area contributed by atoms with Crippen molar-refractivity contribution >= 4 is 46.6 Å². The summed E-state index contributed by atoms with van der Waals surface area (Å²) in [5.74, 6) is -0.731. The van der Waals surface area contributed by atoms with Crippen LogP contribution in [0.3, 0.4) is 0 Å². The van der Waals surface area contributed by atoms with E-state index in [1.165, 1.54) is 23.1 Å². The Bertz CT molecular complexity index is 1350. The van der Waals surface area contributed by atoms with Crippen LogP contribution in [0.2, 0.25) is 0 Å². The molecule has 8 nitrogen and oxygen atoms in total. The number of thiocarbonyl (C=S) groups is 1. The minimum Gasteiger partial charge on any atom is -0.488 e. The average molecular weight is 488 g/mol. The lowest BCUT2D eigenvalue weighted by Crippen LogP contribution is -2.54. The number of anilines is 1. The number of para-hydroxylation sites is 1. The molecule has 0 spiro atoms. The van der Waals surface area contributed by atoms with Crippen LogP contribution in [0.25, 0.3) is 6.08 Å². The predicted octanol–water partition coefficient (Wildman–Crippen LogP) is 4.57. The van der Waals surface area contributed by atoms with Crippen molar-refractivity contribution in [3.05, 3.63) is 105 Å². The van der Waals surface area contributed by atoms with Gasteiger partial charge in [0.1, 0.15) is 17.9 Å². The summed E-state index contributed by atoms with van der Waals surface area (Å²) in [5, 5.41) is 13.6. The first-order chi connectivity index (χ1) is 16.9. The topological polar surface area (TPSA) is 102 Å². The zero-order valence-electron chi connectivity index (χ0n) is 18.8. The monoisotopic (exact) mass is 487 g/mol. The first kappa shape index (κ1) is 23.8. The normalized spacial score (nSPS) is 14.7. The number of carbonyl (C=O) groups excluding carboxylic acids is 2. The van der Waals surface area contributed by atoms with Gasteiger partial charge in [0.15, 0.2) is 5.11 Å². The molecule has 1 aliphatic heterocycles. The molecule has 176 valence electrons. The molecule has 1 heterocycles. The molecule has 0 saturated carbocycles. The van der Waals surface area contributed by atoms with Crippen molar-refractivity contribution in [3.63, 3.8) is 0 Å². The predicted molar refractivity (Wildman–Crippen MR) is 136 cm³/mol. The molecule has 35 heavy (non-hydrogen) atoms. The summed E-state index contributed by atoms with van der Waals surface area (Å²) in [5.41, 5.74) is 2.65. The zero-order chi connectivity index (χ0) is 24.9. The second kappa shape index (κ2) is 10.3. The molecule has 4 rings (SSSR count). The molecular formula is C26H21N3O5S. The summed E-state index contributed by atoms with van der Waals surface area (Å²) in [6.45, 7) is 2.10. The lowest BCUT2D eigenvalue weighted by Gasteiger charge is -2.29. The second-order valence-electron chi connectivity index (χ2n) is 7.73. The van der Waals surface area contributed by atoms with E-state index in [0.29, 0.717) is 22.6 Å². The van der Waals surface area contributed by atoms with Gasteiger partial charge in [-0.25, -0.2) is 0 Å². The third kappa shape index (κ3) is 5.25. The number of non-ortho nitro benzene ring substituents is 1. The standard InChI is InChI=1S/C26H21N3O5S/c1-2-17-10-12-20(13-11-17)28-25(31)22(24(30)27-26(28)35)15-19-7-3-4-9-23(19)34-16-18-6-5-8-21(14-18)29(32)33/h3-15H,2,16H2,1H3,(H,27,30,35)/b22-15+. The third-order valence-electron chi connectivity index (χ3n) is 5.44. The largest absolute Gasteiger partial charge is 0.488 e.